The normalized spacial score (nSPS) is 21.8. The fourth-order valence-electron chi connectivity index (χ4n) is 3.10. The van der Waals surface area contributed by atoms with Crippen LogP contribution in [0, 0.1) is 0 Å². The molecule has 0 aromatic rings. The molecule has 1 rings (SSSR count). The Hall–Kier alpha value is -0.340. The molecular weight excluding hydrogens is 220 g/mol. The van der Waals surface area contributed by atoms with Crippen LogP contribution in [0.25, 0.3) is 0 Å². The molecule has 0 saturated carbocycles. The molecule has 2 atom stereocenters. The van der Waals surface area contributed by atoms with Crippen LogP contribution in [0.5, 0.6) is 0 Å². The molecule has 1 heterocycles. The second-order valence-electron chi connectivity index (χ2n) is 6.07. The average Bonchev–Trinajstić information content (AvgIpc) is 2.87. The van der Waals surface area contributed by atoms with E-state index in [0.717, 1.165) is 13.0 Å². The predicted octanol–water partition coefficient (Wildman–Crippen LogP) is 3.59. The quantitative estimate of drug-likeness (QED) is 0.664. The molecule has 1 aliphatic heterocycles. The first-order chi connectivity index (χ1) is 8.54. The first-order valence-electron chi connectivity index (χ1n) is 7.67. The molecule has 0 bridgehead atoms. The van der Waals surface area contributed by atoms with Gasteiger partial charge in [-0.2, -0.15) is 0 Å². The van der Waals surface area contributed by atoms with Gasteiger partial charge in [0, 0.05) is 11.6 Å². The van der Waals surface area contributed by atoms with Crippen LogP contribution >= 0.6 is 0 Å². The summed E-state index contributed by atoms with van der Waals surface area (Å²) >= 11 is 0. The van der Waals surface area contributed by atoms with E-state index >= 15 is 0 Å². The molecule has 0 amide bonds. The van der Waals surface area contributed by atoms with Gasteiger partial charge in [-0.15, -0.1) is 6.58 Å². The molecule has 0 aromatic carbocycles. The zero-order valence-corrected chi connectivity index (χ0v) is 12.9. The number of hydrogen-bond acceptors (Lipinski definition) is 2. The van der Waals surface area contributed by atoms with Crippen molar-refractivity contribution in [1.82, 2.24) is 10.2 Å². The molecule has 2 nitrogen and oxygen atoms in total. The molecule has 18 heavy (non-hydrogen) atoms. The maximum atomic E-state index is 4.12. The lowest BCUT2D eigenvalue weighted by Gasteiger charge is -2.45. The SMILES string of the molecule is C=C(C)CC(NCCC)C(C)(CC)N1CCCC1. The van der Waals surface area contributed by atoms with Crippen molar-refractivity contribution < 1.29 is 0 Å². The Balaban J connectivity index is 2.78. The summed E-state index contributed by atoms with van der Waals surface area (Å²) in [5.74, 6) is 0. The summed E-state index contributed by atoms with van der Waals surface area (Å²) in [6, 6.07) is 0.540. The van der Waals surface area contributed by atoms with Crippen molar-refractivity contribution in [1.29, 1.82) is 0 Å². The van der Waals surface area contributed by atoms with Crippen LogP contribution in [0.15, 0.2) is 12.2 Å². The smallest absolute Gasteiger partial charge is 0.0334 e. The second kappa shape index (κ2) is 7.30. The third-order valence-corrected chi connectivity index (χ3v) is 4.49. The van der Waals surface area contributed by atoms with Gasteiger partial charge in [-0.3, -0.25) is 4.90 Å². The number of rotatable bonds is 8. The maximum Gasteiger partial charge on any atom is 0.0334 e. The number of likely N-dealkylation sites (tertiary alicyclic amines) is 1. The molecule has 1 N–H and O–H groups in total. The molecule has 106 valence electrons. The highest BCUT2D eigenvalue weighted by molar-refractivity contribution is 5.04. The monoisotopic (exact) mass is 252 g/mol. The summed E-state index contributed by atoms with van der Waals surface area (Å²) in [6.07, 6.45) is 6.24. The van der Waals surface area contributed by atoms with Gasteiger partial charge in [0.2, 0.25) is 0 Å². The van der Waals surface area contributed by atoms with Gasteiger partial charge in [0.25, 0.3) is 0 Å². The van der Waals surface area contributed by atoms with E-state index in [1.165, 1.54) is 44.3 Å². The Bertz CT molecular complexity index is 256. The minimum absolute atomic E-state index is 0.282. The summed E-state index contributed by atoms with van der Waals surface area (Å²) in [6.45, 7) is 16.9. The molecule has 2 unspecified atom stereocenters. The van der Waals surface area contributed by atoms with Gasteiger partial charge in [-0.1, -0.05) is 19.4 Å². The van der Waals surface area contributed by atoms with Gasteiger partial charge in [-0.25, -0.2) is 0 Å². The van der Waals surface area contributed by atoms with Gasteiger partial charge in [0.1, 0.15) is 0 Å². The Kier molecular flexibility index (Phi) is 6.37. The summed E-state index contributed by atoms with van der Waals surface area (Å²) in [7, 11) is 0. The summed E-state index contributed by atoms with van der Waals surface area (Å²) in [5, 5.41) is 3.77. The third-order valence-electron chi connectivity index (χ3n) is 4.49. The molecule has 1 aliphatic rings. The van der Waals surface area contributed by atoms with Crippen LogP contribution in [0.1, 0.15) is 59.8 Å². The summed E-state index contributed by atoms with van der Waals surface area (Å²) in [4.78, 5) is 2.70. The van der Waals surface area contributed by atoms with Gasteiger partial charge in [0.15, 0.2) is 0 Å². The lowest BCUT2D eigenvalue weighted by molar-refractivity contribution is 0.0840. The Morgan fingerprint density at radius 2 is 1.94 bits per heavy atom. The first-order valence-corrected chi connectivity index (χ1v) is 7.67. The van der Waals surface area contributed by atoms with Crippen LogP contribution in [0.4, 0.5) is 0 Å². The van der Waals surface area contributed by atoms with Crippen molar-refractivity contribution in [2.75, 3.05) is 19.6 Å². The van der Waals surface area contributed by atoms with E-state index < -0.39 is 0 Å². The van der Waals surface area contributed by atoms with Crippen LogP contribution in [0.2, 0.25) is 0 Å². The fourth-order valence-corrected chi connectivity index (χ4v) is 3.10. The Morgan fingerprint density at radius 3 is 2.39 bits per heavy atom. The van der Waals surface area contributed by atoms with Crippen LogP contribution in [-0.4, -0.2) is 36.1 Å². The van der Waals surface area contributed by atoms with E-state index in [4.69, 9.17) is 0 Å². The summed E-state index contributed by atoms with van der Waals surface area (Å²) in [5.41, 5.74) is 1.58. The van der Waals surface area contributed by atoms with Crippen LogP contribution < -0.4 is 5.32 Å². The van der Waals surface area contributed by atoms with E-state index in [-0.39, 0.29) is 5.54 Å². The van der Waals surface area contributed by atoms with Gasteiger partial charge >= 0.3 is 0 Å². The van der Waals surface area contributed by atoms with Gasteiger partial charge < -0.3 is 5.32 Å². The standard InChI is InChI=1S/C16H32N2/c1-6-10-17-15(13-14(3)4)16(5,7-2)18-11-8-9-12-18/h15,17H,3,6-13H2,1-2,4-5H3. The van der Waals surface area contributed by atoms with E-state index in [1.54, 1.807) is 0 Å². The highest BCUT2D eigenvalue weighted by atomic mass is 15.2. The largest absolute Gasteiger partial charge is 0.312 e. The zero-order valence-electron chi connectivity index (χ0n) is 12.9. The molecular formula is C16H32N2. The van der Waals surface area contributed by atoms with E-state index in [1.807, 2.05) is 0 Å². The molecule has 0 aliphatic carbocycles. The second-order valence-corrected chi connectivity index (χ2v) is 6.07. The number of nitrogens with one attached hydrogen (secondary N) is 1. The molecule has 0 spiro atoms. The fraction of sp³-hybridized carbons (Fsp3) is 0.875. The average molecular weight is 252 g/mol. The third kappa shape index (κ3) is 3.83. The topological polar surface area (TPSA) is 15.3 Å². The maximum absolute atomic E-state index is 4.12. The van der Waals surface area contributed by atoms with Crippen molar-refractivity contribution in [2.45, 2.75) is 71.4 Å². The van der Waals surface area contributed by atoms with Crippen molar-refractivity contribution in [3.05, 3.63) is 12.2 Å². The van der Waals surface area contributed by atoms with E-state index in [0.29, 0.717) is 6.04 Å². The Morgan fingerprint density at radius 1 is 1.33 bits per heavy atom. The van der Waals surface area contributed by atoms with E-state index in [9.17, 15) is 0 Å². The molecule has 1 fully saturated rings. The number of nitrogens with zero attached hydrogens (tertiary/aromatic N) is 1. The van der Waals surface area contributed by atoms with Gasteiger partial charge in [-0.05, 0) is 65.6 Å². The van der Waals surface area contributed by atoms with Crippen molar-refractivity contribution in [2.24, 2.45) is 0 Å². The lowest BCUT2D eigenvalue weighted by atomic mass is 9.84. The molecule has 0 aromatic heterocycles. The zero-order chi connectivity index (χ0) is 13.6. The molecule has 0 radical (unpaired) electrons. The van der Waals surface area contributed by atoms with Crippen LogP contribution in [0.3, 0.4) is 0 Å². The van der Waals surface area contributed by atoms with Crippen LogP contribution in [-0.2, 0) is 0 Å². The minimum atomic E-state index is 0.282. The summed E-state index contributed by atoms with van der Waals surface area (Å²) < 4.78 is 0. The molecule has 2 heteroatoms. The number of hydrogen-bond donors (Lipinski definition) is 1. The minimum Gasteiger partial charge on any atom is -0.312 e. The predicted molar refractivity (Wildman–Crippen MR) is 81.0 cm³/mol. The van der Waals surface area contributed by atoms with Crippen molar-refractivity contribution >= 4 is 0 Å². The lowest BCUT2D eigenvalue weighted by Crippen LogP contribution is -2.58. The highest BCUT2D eigenvalue weighted by Gasteiger charge is 2.38. The van der Waals surface area contributed by atoms with Crippen molar-refractivity contribution in [3.8, 4) is 0 Å². The molecule has 1 saturated heterocycles. The first kappa shape index (κ1) is 15.7. The highest BCUT2D eigenvalue weighted by Crippen LogP contribution is 2.30. The Labute approximate surface area is 114 Å². The van der Waals surface area contributed by atoms with Gasteiger partial charge in [0.05, 0.1) is 0 Å². The van der Waals surface area contributed by atoms with Crippen molar-refractivity contribution in [3.63, 3.8) is 0 Å². The van der Waals surface area contributed by atoms with E-state index in [2.05, 4.69) is 44.5 Å².